The quantitative estimate of drug-likeness (QED) is 0.313. The molecule has 0 aliphatic heterocycles. The van der Waals surface area contributed by atoms with Crippen LogP contribution in [0.4, 0.5) is 0 Å². The van der Waals surface area contributed by atoms with Gasteiger partial charge in [0, 0.05) is 24.2 Å². The van der Waals surface area contributed by atoms with Crippen LogP contribution in [0.3, 0.4) is 0 Å². The molecule has 9 nitrogen and oxygen atoms in total. The van der Waals surface area contributed by atoms with E-state index in [1.165, 1.54) is 21.3 Å². The van der Waals surface area contributed by atoms with Gasteiger partial charge in [-0.2, -0.15) is 5.10 Å². The van der Waals surface area contributed by atoms with Gasteiger partial charge >= 0.3 is 0 Å². The number of carbonyl (C=O) groups is 1. The van der Waals surface area contributed by atoms with Gasteiger partial charge in [-0.25, -0.2) is 0 Å². The third kappa shape index (κ3) is 4.25. The first-order valence-electron chi connectivity index (χ1n) is 11.0. The van der Waals surface area contributed by atoms with E-state index in [2.05, 4.69) is 5.10 Å². The van der Waals surface area contributed by atoms with Crippen molar-refractivity contribution in [3.63, 3.8) is 0 Å². The van der Waals surface area contributed by atoms with E-state index >= 15 is 0 Å². The van der Waals surface area contributed by atoms with E-state index in [1.54, 1.807) is 55.5 Å². The van der Waals surface area contributed by atoms with Gasteiger partial charge in [0.1, 0.15) is 5.76 Å². The van der Waals surface area contributed by atoms with Crippen molar-refractivity contribution < 1.29 is 32.9 Å². The van der Waals surface area contributed by atoms with Gasteiger partial charge in [0.05, 0.1) is 51.9 Å². The lowest BCUT2D eigenvalue weighted by molar-refractivity contribution is 0.103. The lowest BCUT2D eigenvalue weighted by Gasteiger charge is -2.14. The fourth-order valence-corrected chi connectivity index (χ4v) is 3.95. The van der Waals surface area contributed by atoms with Gasteiger partial charge in [0.25, 0.3) is 0 Å². The van der Waals surface area contributed by atoms with Crippen molar-refractivity contribution in [2.24, 2.45) is 7.05 Å². The Morgan fingerprint density at radius 3 is 2.11 bits per heavy atom. The number of rotatable bonds is 9. The third-order valence-electron chi connectivity index (χ3n) is 5.47. The molecule has 9 heteroatoms. The second-order valence-electron chi connectivity index (χ2n) is 8.09. The van der Waals surface area contributed by atoms with E-state index in [1.807, 2.05) is 13.8 Å². The summed E-state index contributed by atoms with van der Waals surface area (Å²) in [6.07, 6.45) is 3.28. The van der Waals surface area contributed by atoms with Crippen molar-refractivity contribution >= 4 is 16.8 Å². The predicted octanol–water partition coefficient (Wildman–Crippen LogP) is 4.89. The van der Waals surface area contributed by atoms with Gasteiger partial charge in [0.2, 0.25) is 11.5 Å². The van der Waals surface area contributed by atoms with Crippen LogP contribution in [0.2, 0.25) is 0 Å². The number of aromatic nitrogens is 2. The molecule has 2 aromatic heterocycles. The molecule has 0 spiro atoms. The molecule has 2 heterocycles. The molecule has 0 unspecified atom stereocenters. The van der Waals surface area contributed by atoms with Crippen LogP contribution in [0, 0.1) is 0 Å². The zero-order valence-electron chi connectivity index (χ0n) is 20.8. The van der Waals surface area contributed by atoms with Gasteiger partial charge in [-0.1, -0.05) is 0 Å². The highest BCUT2D eigenvalue weighted by molar-refractivity contribution is 6.20. The molecule has 0 saturated carbocycles. The molecule has 0 aliphatic rings. The number of nitrogens with zero attached hydrogens (tertiary/aromatic N) is 2. The van der Waals surface area contributed by atoms with Crippen molar-refractivity contribution in [2.45, 2.75) is 20.0 Å². The van der Waals surface area contributed by atoms with E-state index in [0.717, 1.165) is 0 Å². The van der Waals surface area contributed by atoms with Crippen LogP contribution in [0.25, 0.3) is 22.3 Å². The normalized spacial score (nSPS) is 11.1. The molecule has 35 heavy (non-hydrogen) atoms. The summed E-state index contributed by atoms with van der Waals surface area (Å²) in [6, 6.07) is 6.78. The molecule has 4 rings (SSSR count). The maximum Gasteiger partial charge on any atom is 0.205 e. The van der Waals surface area contributed by atoms with Crippen molar-refractivity contribution in [3.8, 4) is 40.1 Å². The Hall–Kier alpha value is -4.14. The molecule has 0 amide bonds. The summed E-state index contributed by atoms with van der Waals surface area (Å²) >= 11 is 0. The van der Waals surface area contributed by atoms with E-state index in [-0.39, 0.29) is 11.9 Å². The van der Waals surface area contributed by atoms with Crippen molar-refractivity contribution in [1.29, 1.82) is 0 Å². The van der Waals surface area contributed by atoms with Crippen LogP contribution >= 0.6 is 0 Å². The third-order valence-corrected chi connectivity index (χ3v) is 5.47. The first kappa shape index (κ1) is 24.0. The van der Waals surface area contributed by atoms with Crippen LogP contribution in [-0.2, 0) is 7.05 Å². The SMILES string of the molecule is COc1cc(C(=O)c2c(-c3cnn(C)c3)oc3c(OC(C)C)c(OC)ccc23)cc(OC)c1OC. The van der Waals surface area contributed by atoms with Crippen LogP contribution < -0.4 is 23.7 Å². The summed E-state index contributed by atoms with van der Waals surface area (Å²) in [4.78, 5) is 14.0. The van der Waals surface area contributed by atoms with Crippen LogP contribution in [0.1, 0.15) is 29.8 Å². The van der Waals surface area contributed by atoms with Gasteiger partial charge < -0.3 is 28.1 Å². The number of hydrogen-bond donors (Lipinski definition) is 0. The summed E-state index contributed by atoms with van der Waals surface area (Å²) in [5.41, 5.74) is 1.76. The zero-order valence-corrected chi connectivity index (χ0v) is 20.8. The number of methoxy groups -OCH3 is 4. The maximum atomic E-state index is 14.0. The molecule has 0 N–H and O–H groups in total. The van der Waals surface area contributed by atoms with Crippen molar-refractivity contribution in [1.82, 2.24) is 9.78 Å². The summed E-state index contributed by atoms with van der Waals surface area (Å²) in [7, 11) is 7.86. The molecule has 4 aromatic rings. The molecule has 0 atom stereocenters. The second kappa shape index (κ2) is 9.61. The minimum absolute atomic E-state index is 0.143. The average molecular weight is 481 g/mol. The molecule has 0 bridgehead atoms. The monoisotopic (exact) mass is 480 g/mol. The molecule has 0 aliphatic carbocycles. The van der Waals surface area contributed by atoms with Crippen LogP contribution in [-0.4, -0.2) is 50.1 Å². The number of furan rings is 1. The molecule has 0 saturated heterocycles. The number of carbonyl (C=O) groups excluding carboxylic acids is 1. The number of aryl methyl sites for hydroxylation is 1. The minimum Gasteiger partial charge on any atom is -0.493 e. The summed E-state index contributed by atoms with van der Waals surface area (Å²) < 4.78 is 35.8. The lowest BCUT2D eigenvalue weighted by atomic mass is 9.97. The fourth-order valence-electron chi connectivity index (χ4n) is 3.95. The Morgan fingerprint density at radius 2 is 1.60 bits per heavy atom. The Balaban J connectivity index is 2.01. The number of benzene rings is 2. The van der Waals surface area contributed by atoms with Crippen molar-refractivity contribution in [3.05, 3.63) is 47.8 Å². The minimum atomic E-state index is -0.289. The summed E-state index contributed by atoms with van der Waals surface area (Å²) in [6.45, 7) is 3.82. The van der Waals surface area contributed by atoms with Gasteiger partial charge in [0.15, 0.2) is 28.6 Å². The standard InChI is InChI=1S/C26H28N2O7/c1-14(2)34-26-18(30-4)9-8-17-21(23(35-24(17)26)16-12-27-28(3)13-16)22(29)15-10-19(31-5)25(33-7)20(11-15)32-6/h8-14H,1-7H3. The summed E-state index contributed by atoms with van der Waals surface area (Å²) in [5, 5.41) is 4.83. The smallest absolute Gasteiger partial charge is 0.205 e. The number of hydrogen-bond acceptors (Lipinski definition) is 8. The Labute approximate surface area is 203 Å². The number of fused-ring (bicyclic) bond motifs is 1. The molecular formula is C26H28N2O7. The Bertz CT molecular complexity index is 1360. The van der Waals surface area contributed by atoms with E-state index in [9.17, 15) is 4.79 Å². The highest BCUT2D eigenvalue weighted by Crippen LogP contribution is 2.45. The predicted molar refractivity (Wildman–Crippen MR) is 130 cm³/mol. The molecule has 184 valence electrons. The highest BCUT2D eigenvalue weighted by atomic mass is 16.5. The fraction of sp³-hybridized carbons (Fsp3) is 0.308. The van der Waals surface area contributed by atoms with E-state index < -0.39 is 0 Å². The Kier molecular flexibility index (Phi) is 6.59. The highest BCUT2D eigenvalue weighted by Gasteiger charge is 2.29. The van der Waals surface area contributed by atoms with Gasteiger partial charge in [-0.15, -0.1) is 0 Å². The molecule has 2 aromatic carbocycles. The zero-order chi connectivity index (χ0) is 25.3. The first-order valence-corrected chi connectivity index (χ1v) is 11.0. The first-order chi connectivity index (χ1) is 16.8. The summed E-state index contributed by atoms with van der Waals surface area (Å²) in [5.74, 6) is 2.15. The average Bonchev–Trinajstić information content (AvgIpc) is 3.46. The van der Waals surface area contributed by atoms with E-state index in [0.29, 0.717) is 62.2 Å². The van der Waals surface area contributed by atoms with E-state index in [4.69, 9.17) is 28.1 Å². The largest absolute Gasteiger partial charge is 0.493 e. The number of ketones is 1. The van der Waals surface area contributed by atoms with Crippen LogP contribution in [0.15, 0.2) is 41.1 Å². The molecular weight excluding hydrogens is 452 g/mol. The molecule has 0 radical (unpaired) electrons. The second-order valence-corrected chi connectivity index (χ2v) is 8.09. The van der Waals surface area contributed by atoms with Gasteiger partial charge in [-0.05, 0) is 38.1 Å². The molecule has 0 fully saturated rings. The topological polar surface area (TPSA) is 94.2 Å². The lowest BCUT2D eigenvalue weighted by Crippen LogP contribution is -2.07. The number of ether oxygens (including phenoxy) is 5. The van der Waals surface area contributed by atoms with Crippen molar-refractivity contribution in [2.75, 3.05) is 28.4 Å². The Morgan fingerprint density at radius 1 is 0.943 bits per heavy atom. The van der Waals surface area contributed by atoms with Crippen LogP contribution in [0.5, 0.6) is 28.7 Å². The van der Waals surface area contributed by atoms with Gasteiger partial charge in [-0.3, -0.25) is 9.48 Å². The maximum absolute atomic E-state index is 14.0.